The van der Waals surface area contributed by atoms with Gasteiger partial charge in [-0.15, -0.1) is 5.10 Å². The summed E-state index contributed by atoms with van der Waals surface area (Å²) in [7, 11) is 0. The number of nitrogens with one attached hydrogen (secondary N) is 1. The molecule has 0 aliphatic rings. The van der Waals surface area contributed by atoms with Crippen molar-refractivity contribution in [2.45, 2.75) is 6.54 Å². The van der Waals surface area contributed by atoms with Crippen LogP contribution in [0.4, 0.5) is 5.82 Å². The van der Waals surface area contributed by atoms with Crippen LogP contribution in [0.5, 0.6) is 0 Å². The molecule has 17 heavy (non-hydrogen) atoms. The summed E-state index contributed by atoms with van der Waals surface area (Å²) in [4.78, 5) is 10.7. The molecule has 1 aromatic heterocycles. The minimum absolute atomic E-state index is 0.121. The highest BCUT2D eigenvalue weighted by molar-refractivity contribution is 5.87. The van der Waals surface area contributed by atoms with Gasteiger partial charge in [-0.25, -0.2) is 4.79 Å². The molecule has 0 unspecified atom stereocenters. The van der Waals surface area contributed by atoms with Crippen molar-refractivity contribution in [1.82, 2.24) is 10.2 Å². The summed E-state index contributed by atoms with van der Waals surface area (Å²) in [6.45, 7) is 0.582. The van der Waals surface area contributed by atoms with Crippen LogP contribution in [0.15, 0.2) is 42.6 Å². The Kier molecular flexibility index (Phi) is 3.30. The number of aromatic carboxylic acids is 1. The van der Waals surface area contributed by atoms with E-state index in [1.165, 1.54) is 12.3 Å². The second kappa shape index (κ2) is 5.07. The van der Waals surface area contributed by atoms with E-state index in [0.717, 1.165) is 5.56 Å². The van der Waals surface area contributed by atoms with Gasteiger partial charge in [0.2, 0.25) is 0 Å². The fraction of sp³-hybridized carbons (Fsp3) is 0.0833. The van der Waals surface area contributed by atoms with E-state index in [9.17, 15) is 4.79 Å². The molecule has 0 radical (unpaired) electrons. The molecule has 0 saturated heterocycles. The molecule has 5 nitrogen and oxygen atoms in total. The number of aromatic nitrogens is 2. The Balaban J connectivity index is 2.04. The van der Waals surface area contributed by atoms with Gasteiger partial charge in [-0.2, -0.15) is 5.10 Å². The first-order valence-corrected chi connectivity index (χ1v) is 5.09. The van der Waals surface area contributed by atoms with Crippen LogP contribution >= 0.6 is 0 Å². The summed E-state index contributed by atoms with van der Waals surface area (Å²) in [5, 5.41) is 19.3. The summed E-state index contributed by atoms with van der Waals surface area (Å²) in [6, 6.07) is 11.2. The van der Waals surface area contributed by atoms with Crippen LogP contribution in [0.2, 0.25) is 0 Å². The monoisotopic (exact) mass is 229 g/mol. The van der Waals surface area contributed by atoms with Crippen molar-refractivity contribution in [1.29, 1.82) is 0 Å². The largest absolute Gasteiger partial charge is 0.478 e. The molecule has 86 valence electrons. The van der Waals surface area contributed by atoms with Crippen LogP contribution < -0.4 is 5.32 Å². The fourth-order valence-electron chi connectivity index (χ4n) is 1.36. The number of carboxylic acid groups (broad SMARTS) is 1. The Morgan fingerprint density at radius 1 is 1.29 bits per heavy atom. The lowest BCUT2D eigenvalue weighted by Gasteiger charge is -2.05. The van der Waals surface area contributed by atoms with E-state index >= 15 is 0 Å². The SMILES string of the molecule is O=C(O)c1cnnc(NCc2ccccc2)c1. The quantitative estimate of drug-likeness (QED) is 0.835. The van der Waals surface area contributed by atoms with E-state index < -0.39 is 5.97 Å². The highest BCUT2D eigenvalue weighted by Crippen LogP contribution is 2.07. The maximum absolute atomic E-state index is 10.7. The summed E-state index contributed by atoms with van der Waals surface area (Å²) in [6.07, 6.45) is 1.22. The third-order valence-corrected chi connectivity index (χ3v) is 2.22. The van der Waals surface area contributed by atoms with Crippen LogP contribution in [0.25, 0.3) is 0 Å². The molecule has 0 amide bonds. The summed E-state index contributed by atoms with van der Waals surface area (Å²) in [5.74, 6) is -0.559. The van der Waals surface area contributed by atoms with Gasteiger partial charge in [0.05, 0.1) is 11.8 Å². The third-order valence-electron chi connectivity index (χ3n) is 2.22. The Hall–Kier alpha value is -2.43. The predicted octanol–water partition coefficient (Wildman–Crippen LogP) is 1.79. The first-order chi connectivity index (χ1) is 8.25. The molecule has 1 aromatic carbocycles. The highest BCUT2D eigenvalue weighted by Gasteiger charge is 2.04. The number of nitrogens with zero attached hydrogens (tertiary/aromatic N) is 2. The average Bonchev–Trinajstić information content (AvgIpc) is 2.38. The van der Waals surface area contributed by atoms with Gasteiger partial charge in [0.15, 0.2) is 0 Å². The van der Waals surface area contributed by atoms with Gasteiger partial charge in [0.25, 0.3) is 0 Å². The number of carbonyl (C=O) groups is 1. The maximum atomic E-state index is 10.7. The van der Waals surface area contributed by atoms with E-state index in [1.54, 1.807) is 0 Å². The second-order valence-corrected chi connectivity index (χ2v) is 3.47. The lowest BCUT2D eigenvalue weighted by Crippen LogP contribution is -2.05. The molecule has 5 heteroatoms. The van der Waals surface area contributed by atoms with Gasteiger partial charge in [-0.05, 0) is 11.6 Å². The standard InChI is InChI=1S/C12H11N3O2/c16-12(17)10-6-11(15-14-8-10)13-7-9-4-2-1-3-5-9/h1-6,8H,7H2,(H,13,15)(H,16,17). The van der Waals surface area contributed by atoms with E-state index in [0.29, 0.717) is 12.4 Å². The Bertz CT molecular complexity index is 514. The molecule has 1 heterocycles. The van der Waals surface area contributed by atoms with Gasteiger partial charge in [-0.3, -0.25) is 0 Å². The van der Waals surface area contributed by atoms with Crippen LogP contribution in [-0.2, 0) is 6.54 Å². The molecule has 0 aliphatic heterocycles. The van der Waals surface area contributed by atoms with Crippen LogP contribution in [0.3, 0.4) is 0 Å². The topological polar surface area (TPSA) is 75.1 Å². The van der Waals surface area contributed by atoms with Crippen LogP contribution in [0, 0.1) is 0 Å². The van der Waals surface area contributed by atoms with Crippen molar-refractivity contribution in [2.75, 3.05) is 5.32 Å². The fourth-order valence-corrected chi connectivity index (χ4v) is 1.36. The molecule has 0 aliphatic carbocycles. The molecule has 0 bridgehead atoms. The first-order valence-electron chi connectivity index (χ1n) is 5.09. The lowest BCUT2D eigenvalue weighted by atomic mass is 10.2. The summed E-state index contributed by atoms with van der Waals surface area (Å²) in [5.41, 5.74) is 1.21. The Morgan fingerprint density at radius 2 is 2.06 bits per heavy atom. The van der Waals surface area contributed by atoms with Gasteiger partial charge in [0.1, 0.15) is 5.82 Å². The molecular weight excluding hydrogens is 218 g/mol. The zero-order chi connectivity index (χ0) is 12.1. The zero-order valence-electron chi connectivity index (χ0n) is 9.00. The van der Waals surface area contributed by atoms with Crippen molar-refractivity contribution in [3.63, 3.8) is 0 Å². The average molecular weight is 229 g/mol. The van der Waals surface area contributed by atoms with Crippen LogP contribution in [-0.4, -0.2) is 21.3 Å². The van der Waals surface area contributed by atoms with Crippen LogP contribution in [0.1, 0.15) is 15.9 Å². The molecule has 2 aromatic rings. The highest BCUT2D eigenvalue weighted by atomic mass is 16.4. The summed E-state index contributed by atoms with van der Waals surface area (Å²) >= 11 is 0. The smallest absolute Gasteiger partial charge is 0.337 e. The molecule has 2 rings (SSSR count). The maximum Gasteiger partial charge on any atom is 0.337 e. The number of carboxylic acids is 1. The predicted molar refractivity (Wildman–Crippen MR) is 62.8 cm³/mol. The van der Waals surface area contributed by atoms with Crippen molar-refractivity contribution < 1.29 is 9.90 Å². The van der Waals surface area contributed by atoms with E-state index in [2.05, 4.69) is 15.5 Å². The molecule has 0 atom stereocenters. The third kappa shape index (κ3) is 3.01. The van der Waals surface area contributed by atoms with Gasteiger partial charge in [0, 0.05) is 6.54 Å². The first kappa shape index (κ1) is 11.1. The molecular formula is C12H11N3O2. The zero-order valence-corrected chi connectivity index (χ0v) is 9.00. The van der Waals surface area contributed by atoms with Gasteiger partial charge < -0.3 is 10.4 Å². The van der Waals surface area contributed by atoms with E-state index in [1.807, 2.05) is 30.3 Å². The second-order valence-electron chi connectivity index (χ2n) is 3.47. The van der Waals surface area contributed by atoms with Crippen molar-refractivity contribution in [2.24, 2.45) is 0 Å². The number of rotatable bonds is 4. The Morgan fingerprint density at radius 3 is 2.76 bits per heavy atom. The van der Waals surface area contributed by atoms with Gasteiger partial charge >= 0.3 is 5.97 Å². The minimum atomic E-state index is -1.01. The van der Waals surface area contributed by atoms with Crippen molar-refractivity contribution in [3.8, 4) is 0 Å². The number of benzene rings is 1. The van der Waals surface area contributed by atoms with E-state index in [-0.39, 0.29) is 5.56 Å². The number of anilines is 1. The number of hydrogen-bond acceptors (Lipinski definition) is 4. The van der Waals surface area contributed by atoms with Crippen molar-refractivity contribution in [3.05, 3.63) is 53.7 Å². The Labute approximate surface area is 98.1 Å². The van der Waals surface area contributed by atoms with E-state index in [4.69, 9.17) is 5.11 Å². The number of hydrogen-bond donors (Lipinski definition) is 2. The molecule has 0 spiro atoms. The lowest BCUT2D eigenvalue weighted by molar-refractivity contribution is 0.0696. The minimum Gasteiger partial charge on any atom is -0.478 e. The summed E-state index contributed by atoms with van der Waals surface area (Å²) < 4.78 is 0. The van der Waals surface area contributed by atoms with Gasteiger partial charge in [-0.1, -0.05) is 30.3 Å². The molecule has 2 N–H and O–H groups in total. The van der Waals surface area contributed by atoms with Crippen molar-refractivity contribution >= 4 is 11.8 Å². The normalized spacial score (nSPS) is 9.88. The molecule has 0 saturated carbocycles. The molecule has 0 fully saturated rings.